The highest BCUT2D eigenvalue weighted by atomic mass is 35.5. The van der Waals surface area contributed by atoms with Crippen LogP contribution in [0.4, 0.5) is 0 Å². The molecule has 60 valence electrons. The molecule has 3 nitrogen and oxygen atoms in total. The molecular weight excluding hydrogens is 154 g/mol. The molecule has 1 atom stereocenters. The van der Waals surface area contributed by atoms with Gasteiger partial charge in [0.15, 0.2) is 0 Å². The molecule has 10 heavy (non-hydrogen) atoms. The van der Waals surface area contributed by atoms with Gasteiger partial charge in [0, 0.05) is 12.1 Å². The number of halogens is 1. The van der Waals surface area contributed by atoms with Crippen molar-refractivity contribution in [3.63, 3.8) is 0 Å². The van der Waals surface area contributed by atoms with Crippen LogP contribution in [0, 0.1) is 0 Å². The predicted octanol–water partition coefficient (Wildman–Crippen LogP) is 0.786. The second-order valence-electron chi connectivity index (χ2n) is 1.77. The monoisotopic (exact) mass is 165 g/mol. The molecule has 0 aromatic carbocycles. The van der Waals surface area contributed by atoms with Gasteiger partial charge in [-0.25, -0.2) is 4.79 Å². The number of hydrogen-bond donors (Lipinski definition) is 2. The minimum Gasteiger partial charge on any atom is -0.478 e. The average Bonchev–Trinajstić information content (AvgIpc) is 1.83. The summed E-state index contributed by atoms with van der Waals surface area (Å²) in [5.41, 5.74) is 5.37. The minimum absolute atomic E-state index is 0. The topological polar surface area (TPSA) is 63.3 Å². The van der Waals surface area contributed by atoms with Gasteiger partial charge in [0.2, 0.25) is 0 Å². The molecule has 0 aliphatic heterocycles. The Morgan fingerprint density at radius 1 is 1.80 bits per heavy atom. The Kier molecular flexibility index (Phi) is 8.00. The fourth-order valence-electron chi connectivity index (χ4n) is 0.342. The van der Waals surface area contributed by atoms with Crippen molar-refractivity contribution in [3.05, 3.63) is 12.2 Å². The molecule has 0 heterocycles. The molecule has 0 fully saturated rings. The van der Waals surface area contributed by atoms with Crippen LogP contribution in [0.15, 0.2) is 12.2 Å². The van der Waals surface area contributed by atoms with Crippen molar-refractivity contribution >= 4 is 18.4 Å². The normalized spacial score (nSPS) is 12.6. The molecule has 0 rings (SSSR count). The summed E-state index contributed by atoms with van der Waals surface area (Å²) in [6.45, 7) is 1.90. The first-order chi connectivity index (χ1) is 4.16. The lowest BCUT2D eigenvalue weighted by Gasteiger charge is -1.96. The summed E-state index contributed by atoms with van der Waals surface area (Å²) in [4.78, 5) is 9.88. The van der Waals surface area contributed by atoms with E-state index >= 15 is 0 Å². The van der Waals surface area contributed by atoms with Crippen molar-refractivity contribution in [2.24, 2.45) is 5.73 Å². The molecule has 0 amide bonds. The first kappa shape index (κ1) is 12.2. The van der Waals surface area contributed by atoms with E-state index in [1.807, 2.05) is 6.92 Å². The largest absolute Gasteiger partial charge is 0.478 e. The molecule has 0 spiro atoms. The number of carboxylic acids is 1. The van der Waals surface area contributed by atoms with E-state index < -0.39 is 5.97 Å². The molecule has 0 saturated carbocycles. The quantitative estimate of drug-likeness (QED) is 0.608. The maximum absolute atomic E-state index is 9.88. The molecule has 0 unspecified atom stereocenters. The lowest BCUT2D eigenvalue weighted by Crippen LogP contribution is -2.15. The van der Waals surface area contributed by atoms with Crippen LogP contribution in [-0.2, 0) is 4.79 Å². The van der Waals surface area contributed by atoms with Crippen LogP contribution in [0.1, 0.15) is 13.3 Å². The van der Waals surface area contributed by atoms with Crippen molar-refractivity contribution in [2.45, 2.75) is 19.4 Å². The van der Waals surface area contributed by atoms with Gasteiger partial charge in [-0.3, -0.25) is 0 Å². The van der Waals surface area contributed by atoms with E-state index in [1.165, 1.54) is 6.08 Å². The third kappa shape index (κ3) is 7.46. The molecule has 0 aliphatic rings. The van der Waals surface area contributed by atoms with Crippen LogP contribution >= 0.6 is 12.4 Å². The van der Waals surface area contributed by atoms with Crippen molar-refractivity contribution in [2.75, 3.05) is 0 Å². The summed E-state index contributed by atoms with van der Waals surface area (Å²) in [6.07, 6.45) is 3.31. The Morgan fingerprint density at radius 2 is 2.30 bits per heavy atom. The van der Waals surface area contributed by atoms with Crippen LogP contribution in [0.3, 0.4) is 0 Å². The van der Waals surface area contributed by atoms with E-state index in [9.17, 15) is 4.79 Å². The smallest absolute Gasteiger partial charge is 0.328 e. The van der Waals surface area contributed by atoms with Crippen molar-refractivity contribution in [1.82, 2.24) is 0 Å². The molecule has 0 radical (unpaired) electrons. The molecule has 0 aromatic heterocycles. The highest BCUT2D eigenvalue weighted by Gasteiger charge is 1.91. The SMILES string of the molecule is CC[C@H](N)/C=C/C(=O)O.Cl. The molecule has 0 saturated heterocycles. The average molecular weight is 166 g/mol. The van der Waals surface area contributed by atoms with E-state index in [0.717, 1.165) is 12.5 Å². The zero-order valence-corrected chi connectivity index (χ0v) is 6.60. The van der Waals surface area contributed by atoms with E-state index in [-0.39, 0.29) is 18.4 Å². The fourth-order valence-corrected chi connectivity index (χ4v) is 0.342. The number of carboxylic acid groups (broad SMARTS) is 1. The van der Waals surface area contributed by atoms with Gasteiger partial charge >= 0.3 is 5.97 Å². The third-order valence-electron chi connectivity index (χ3n) is 0.957. The summed E-state index contributed by atoms with van der Waals surface area (Å²) in [5, 5.41) is 8.12. The Balaban J connectivity index is 0. The number of nitrogens with two attached hydrogens (primary N) is 1. The molecule has 0 aliphatic carbocycles. The predicted molar refractivity (Wildman–Crippen MR) is 42.3 cm³/mol. The Bertz CT molecular complexity index is 125. The molecule has 3 N–H and O–H groups in total. The van der Waals surface area contributed by atoms with Gasteiger partial charge in [-0.1, -0.05) is 13.0 Å². The number of carbonyl (C=O) groups is 1. The zero-order chi connectivity index (χ0) is 7.28. The summed E-state index contributed by atoms with van der Waals surface area (Å²) >= 11 is 0. The van der Waals surface area contributed by atoms with Gasteiger partial charge in [-0.05, 0) is 6.42 Å². The lowest BCUT2D eigenvalue weighted by molar-refractivity contribution is -0.131. The summed E-state index contributed by atoms with van der Waals surface area (Å²) < 4.78 is 0. The van der Waals surface area contributed by atoms with Crippen molar-refractivity contribution in [1.29, 1.82) is 0 Å². The lowest BCUT2D eigenvalue weighted by atomic mass is 10.2. The Morgan fingerprint density at radius 3 is 2.60 bits per heavy atom. The zero-order valence-electron chi connectivity index (χ0n) is 5.78. The van der Waals surface area contributed by atoms with Gasteiger partial charge < -0.3 is 10.8 Å². The molecule has 0 bridgehead atoms. The van der Waals surface area contributed by atoms with Crippen LogP contribution < -0.4 is 5.73 Å². The summed E-state index contributed by atoms with van der Waals surface area (Å²) in [7, 11) is 0. The van der Waals surface area contributed by atoms with Crippen LogP contribution in [0.2, 0.25) is 0 Å². The number of aliphatic carboxylic acids is 1. The standard InChI is InChI=1S/C6H11NO2.ClH/c1-2-5(7)3-4-6(8)9;/h3-5H,2,7H2,1H3,(H,8,9);1H/b4-3+;/t5-;/m0./s1. The third-order valence-corrected chi connectivity index (χ3v) is 0.957. The van der Waals surface area contributed by atoms with Crippen molar-refractivity contribution in [3.8, 4) is 0 Å². The summed E-state index contributed by atoms with van der Waals surface area (Å²) in [6, 6.07) is -0.124. The number of hydrogen-bond acceptors (Lipinski definition) is 2. The highest BCUT2D eigenvalue weighted by molar-refractivity contribution is 5.85. The van der Waals surface area contributed by atoms with Crippen molar-refractivity contribution < 1.29 is 9.90 Å². The maximum atomic E-state index is 9.88. The first-order valence-electron chi connectivity index (χ1n) is 2.83. The highest BCUT2D eigenvalue weighted by Crippen LogP contribution is 1.86. The fraction of sp³-hybridized carbons (Fsp3) is 0.500. The van der Waals surface area contributed by atoms with Gasteiger partial charge in [0.05, 0.1) is 0 Å². The summed E-state index contributed by atoms with van der Waals surface area (Å²) in [5.74, 6) is -0.945. The number of rotatable bonds is 3. The Hall–Kier alpha value is -0.540. The molecular formula is C6H12ClNO2. The maximum Gasteiger partial charge on any atom is 0.328 e. The van der Waals surface area contributed by atoms with Gasteiger partial charge in [-0.15, -0.1) is 12.4 Å². The van der Waals surface area contributed by atoms with Gasteiger partial charge in [0.25, 0.3) is 0 Å². The molecule has 4 heteroatoms. The second-order valence-corrected chi connectivity index (χ2v) is 1.77. The van der Waals surface area contributed by atoms with Crippen LogP contribution in [0.5, 0.6) is 0 Å². The molecule has 0 aromatic rings. The van der Waals surface area contributed by atoms with Gasteiger partial charge in [-0.2, -0.15) is 0 Å². The second kappa shape index (κ2) is 6.58. The van der Waals surface area contributed by atoms with E-state index in [4.69, 9.17) is 10.8 Å². The minimum atomic E-state index is -0.945. The van der Waals surface area contributed by atoms with Crippen LogP contribution in [-0.4, -0.2) is 17.1 Å². The first-order valence-corrected chi connectivity index (χ1v) is 2.83. The van der Waals surface area contributed by atoms with E-state index in [1.54, 1.807) is 0 Å². The van der Waals surface area contributed by atoms with Crippen LogP contribution in [0.25, 0.3) is 0 Å². The van der Waals surface area contributed by atoms with E-state index in [0.29, 0.717) is 0 Å². The Labute approximate surface area is 66.3 Å². The van der Waals surface area contributed by atoms with Gasteiger partial charge in [0.1, 0.15) is 0 Å². The van der Waals surface area contributed by atoms with E-state index in [2.05, 4.69) is 0 Å².